The first-order valence-corrected chi connectivity index (χ1v) is 10.8. The largest absolute Gasteiger partial charge is 0.380 e. The van der Waals surface area contributed by atoms with Crippen LogP contribution in [0.1, 0.15) is 37.7 Å². The van der Waals surface area contributed by atoms with Gasteiger partial charge in [-0.25, -0.2) is 8.70 Å². The van der Waals surface area contributed by atoms with Gasteiger partial charge in [0.2, 0.25) is 0 Å². The number of hydrogen-bond acceptors (Lipinski definition) is 5. The third-order valence-electron chi connectivity index (χ3n) is 7.16. The second kappa shape index (κ2) is 6.73. The van der Waals surface area contributed by atoms with Crippen LogP contribution in [0.3, 0.4) is 0 Å². The van der Waals surface area contributed by atoms with Crippen LogP contribution in [-0.2, 0) is 4.74 Å². The predicted molar refractivity (Wildman–Crippen MR) is 103 cm³/mol. The molecule has 1 aromatic rings. The van der Waals surface area contributed by atoms with Crippen LogP contribution in [0.15, 0.2) is 23.1 Å². The minimum absolute atomic E-state index is 0.135. The van der Waals surface area contributed by atoms with E-state index >= 15 is 0 Å². The summed E-state index contributed by atoms with van der Waals surface area (Å²) in [5.41, 5.74) is 1.19. The fourth-order valence-corrected chi connectivity index (χ4v) is 6.40. The van der Waals surface area contributed by atoms with Crippen molar-refractivity contribution in [2.45, 2.75) is 43.0 Å². The number of nitriles is 1. The predicted octanol–water partition coefficient (Wildman–Crippen LogP) is 3.67. The molecule has 1 unspecified atom stereocenters. The third-order valence-corrected chi connectivity index (χ3v) is 8.25. The maximum Gasteiger partial charge on any atom is 0.141 e. The Balaban J connectivity index is 1.13. The van der Waals surface area contributed by atoms with Gasteiger partial charge in [0, 0.05) is 42.5 Å². The molecule has 4 aliphatic rings. The number of rotatable bonds is 3. The molecule has 27 heavy (non-hydrogen) atoms. The highest BCUT2D eigenvalue weighted by Gasteiger charge is 2.53. The molecule has 1 aromatic carbocycles. The Kier molecular flexibility index (Phi) is 4.47. The van der Waals surface area contributed by atoms with Crippen molar-refractivity contribution in [3.63, 3.8) is 0 Å². The maximum absolute atomic E-state index is 13.5. The van der Waals surface area contributed by atoms with E-state index in [1.54, 1.807) is 24.1 Å². The normalized spacial score (nSPS) is 29.4. The SMILES string of the molecule is N#Cc1cc(SN2CCC3(CCC(N4CC5(COC5)C4)C3)CC2)ccc1F. The van der Waals surface area contributed by atoms with Crippen LogP contribution in [0.5, 0.6) is 0 Å². The molecule has 3 saturated heterocycles. The highest BCUT2D eigenvalue weighted by molar-refractivity contribution is 7.97. The Morgan fingerprint density at radius 3 is 2.59 bits per heavy atom. The zero-order valence-corrected chi connectivity index (χ0v) is 16.4. The van der Waals surface area contributed by atoms with Crippen LogP contribution in [0.4, 0.5) is 4.39 Å². The van der Waals surface area contributed by atoms with Gasteiger partial charge in [0.15, 0.2) is 0 Å². The summed E-state index contributed by atoms with van der Waals surface area (Å²) in [6.45, 7) is 6.61. The summed E-state index contributed by atoms with van der Waals surface area (Å²) in [5.74, 6) is -0.433. The van der Waals surface area contributed by atoms with E-state index in [1.807, 2.05) is 6.07 Å². The molecule has 1 saturated carbocycles. The maximum atomic E-state index is 13.5. The van der Waals surface area contributed by atoms with Gasteiger partial charge in [-0.15, -0.1) is 0 Å². The van der Waals surface area contributed by atoms with Gasteiger partial charge in [-0.3, -0.25) is 4.90 Å². The quantitative estimate of drug-likeness (QED) is 0.740. The second-order valence-corrected chi connectivity index (χ2v) is 10.2. The van der Waals surface area contributed by atoms with Gasteiger partial charge >= 0.3 is 0 Å². The lowest BCUT2D eigenvalue weighted by atomic mass is 9.75. The average Bonchev–Trinajstić information content (AvgIpc) is 3.00. The minimum Gasteiger partial charge on any atom is -0.380 e. The molecule has 0 N–H and O–H groups in total. The van der Waals surface area contributed by atoms with E-state index in [-0.39, 0.29) is 5.56 Å². The Bertz CT molecular complexity index is 759. The molecular formula is C21H26FN3OS. The molecule has 0 amide bonds. The first-order chi connectivity index (χ1) is 13.1. The van der Waals surface area contributed by atoms with E-state index in [2.05, 4.69) is 9.21 Å². The fourth-order valence-electron chi connectivity index (χ4n) is 5.44. The molecule has 5 rings (SSSR count). The van der Waals surface area contributed by atoms with Crippen molar-refractivity contribution in [1.29, 1.82) is 5.26 Å². The molecule has 4 nitrogen and oxygen atoms in total. The Morgan fingerprint density at radius 1 is 1.15 bits per heavy atom. The Labute approximate surface area is 164 Å². The van der Waals surface area contributed by atoms with Gasteiger partial charge in [0.1, 0.15) is 11.9 Å². The number of halogens is 1. The molecule has 3 aliphatic heterocycles. The van der Waals surface area contributed by atoms with Crippen LogP contribution in [0.2, 0.25) is 0 Å². The van der Waals surface area contributed by atoms with E-state index in [0.717, 1.165) is 37.2 Å². The van der Waals surface area contributed by atoms with Gasteiger partial charge in [0.05, 0.1) is 18.8 Å². The van der Waals surface area contributed by atoms with Crippen molar-refractivity contribution in [3.8, 4) is 6.07 Å². The summed E-state index contributed by atoms with van der Waals surface area (Å²) in [4.78, 5) is 3.67. The lowest BCUT2D eigenvalue weighted by Crippen LogP contribution is -2.67. The van der Waals surface area contributed by atoms with Crippen LogP contribution < -0.4 is 0 Å². The number of ether oxygens (including phenoxy) is 1. The van der Waals surface area contributed by atoms with Crippen molar-refractivity contribution in [2.75, 3.05) is 39.4 Å². The van der Waals surface area contributed by atoms with Crippen molar-refractivity contribution in [3.05, 3.63) is 29.6 Å². The van der Waals surface area contributed by atoms with Crippen LogP contribution in [0.25, 0.3) is 0 Å². The second-order valence-electron chi connectivity index (χ2n) is 9.07. The fraction of sp³-hybridized carbons (Fsp3) is 0.667. The highest BCUT2D eigenvalue weighted by Crippen LogP contribution is 2.51. The number of hydrogen-bond donors (Lipinski definition) is 0. The van der Waals surface area contributed by atoms with Gasteiger partial charge in [-0.05, 0) is 67.7 Å². The van der Waals surface area contributed by atoms with Crippen LogP contribution in [0, 0.1) is 28.0 Å². The smallest absolute Gasteiger partial charge is 0.141 e. The van der Waals surface area contributed by atoms with E-state index in [9.17, 15) is 4.39 Å². The summed E-state index contributed by atoms with van der Waals surface area (Å²) in [5, 5.41) is 9.01. The number of likely N-dealkylation sites (tertiary alicyclic amines) is 1. The molecule has 144 valence electrons. The Morgan fingerprint density at radius 2 is 1.93 bits per heavy atom. The van der Waals surface area contributed by atoms with Gasteiger partial charge in [-0.1, -0.05) is 0 Å². The summed E-state index contributed by atoms with van der Waals surface area (Å²) >= 11 is 1.67. The lowest BCUT2D eigenvalue weighted by molar-refractivity contribution is -0.198. The minimum atomic E-state index is -0.433. The van der Waals surface area contributed by atoms with Crippen molar-refractivity contribution >= 4 is 11.9 Å². The molecule has 0 radical (unpaired) electrons. The highest BCUT2D eigenvalue weighted by atomic mass is 32.2. The lowest BCUT2D eigenvalue weighted by Gasteiger charge is -2.57. The molecule has 6 heteroatoms. The molecule has 0 bridgehead atoms. The molecule has 2 spiro atoms. The summed E-state index contributed by atoms with van der Waals surface area (Å²) in [6, 6.07) is 7.57. The molecule has 0 aromatic heterocycles. The number of nitrogens with zero attached hydrogens (tertiary/aromatic N) is 3. The average molecular weight is 388 g/mol. The zero-order valence-electron chi connectivity index (χ0n) is 15.6. The van der Waals surface area contributed by atoms with Crippen molar-refractivity contribution in [1.82, 2.24) is 9.21 Å². The third kappa shape index (κ3) is 3.29. The van der Waals surface area contributed by atoms with Crippen LogP contribution in [-0.4, -0.2) is 54.6 Å². The standard InChI is InChI=1S/C21H26FN3OS/c22-19-2-1-18(9-16(19)11-23)27-25-7-5-20(6-8-25)4-3-17(10-20)24-12-21(13-24)14-26-15-21/h1-2,9,17H,3-8,10,12-15H2. The first kappa shape index (κ1) is 17.9. The topological polar surface area (TPSA) is 39.5 Å². The van der Waals surface area contributed by atoms with Gasteiger partial charge in [-0.2, -0.15) is 5.26 Å². The molecule has 1 aliphatic carbocycles. The van der Waals surface area contributed by atoms with Crippen LogP contribution >= 0.6 is 11.9 Å². The summed E-state index contributed by atoms with van der Waals surface area (Å²) < 4.78 is 21.3. The van der Waals surface area contributed by atoms with Gasteiger partial charge < -0.3 is 4.74 Å². The number of piperidine rings is 1. The van der Waals surface area contributed by atoms with Crippen molar-refractivity contribution in [2.24, 2.45) is 10.8 Å². The Hall–Kier alpha value is -1.13. The summed E-state index contributed by atoms with van der Waals surface area (Å²) in [6.07, 6.45) is 6.59. The summed E-state index contributed by atoms with van der Waals surface area (Å²) in [7, 11) is 0. The monoisotopic (exact) mass is 387 g/mol. The molecule has 3 heterocycles. The van der Waals surface area contributed by atoms with Crippen molar-refractivity contribution < 1.29 is 9.13 Å². The molecule has 1 atom stereocenters. The van der Waals surface area contributed by atoms with E-state index in [4.69, 9.17) is 10.00 Å². The van der Waals surface area contributed by atoms with Gasteiger partial charge in [0.25, 0.3) is 0 Å². The first-order valence-electron chi connectivity index (χ1n) is 10.0. The molecule has 4 fully saturated rings. The number of benzene rings is 1. The van der Waals surface area contributed by atoms with E-state index < -0.39 is 5.82 Å². The van der Waals surface area contributed by atoms with E-state index in [1.165, 1.54) is 51.3 Å². The zero-order chi connectivity index (χ0) is 18.5. The van der Waals surface area contributed by atoms with E-state index in [0.29, 0.717) is 10.8 Å². The molecular weight excluding hydrogens is 361 g/mol.